The monoisotopic (exact) mass is 452 g/mol. The topological polar surface area (TPSA) is 113 Å². The van der Waals surface area contributed by atoms with Crippen LogP contribution in [0.2, 0.25) is 0 Å². The lowest BCUT2D eigenvalue weighted by atomic mass is 10.1. The SMILES string of the molecule is C=C(F)C(=O)Nc1cccc(CNc2nc(N3CCC(N)CC3)nc3c(C(C)C)cnn23)c1. The molecule has 33 heavy (non-hydrogen) atoms. The van der Waals surface area contributed by atoms with Crippen molar-refractivity contribution in [3.8, 4) is 0 Å². The third-order valence-electron chi connectivity index (χ3n) is 5.71. The molecule has 1 aliphatic heterocycles. The number of nitrogens with one attached hydrogen (secondary N) is 2. The van der Waals surface area contributed by atoms with E-state index in [9.17, 15) is 9.18 Å². The zero-order chi connectivity index (χ0) is 23.5. The van der Waals surface area contributed by atoms with Crippen LogP contribution >= 0.6 is 0 Å². The first kappa shape index (κ1) is 22.7. The molecule has 2 aromatic heterocycles. The Bertz CT molecular complexity index is 1170. The largest absolute Gasteiger partial charge is 0.350 e. The molecule has 10 heteroatoms. The highest BCUT2D eigenvalue weighted by atomic mass is 19.1. The van der Waals surface area contributed by atoms with Gasteiger partial charge in [-0.05, 0) is 36.5 Å². The van der Waals surface area contributed by atoms with Crippen LogP contribution in [0.4, 0.5) is 22.0 Å². The van der Waals surface area contributed by atoms with E-state index in [0.717, 1.165) is 42.7 Å². The summed E-state index contributed by atoms with van der Waals surface area (Å²) >= 11 is 0. The van der Waals surface area contributed by atoms with E-state index in [1.165, 1.54) is 0 Å². The van der Waals surface area contributed by atoms with E-state index < -0.39 is 11.7 Å². The Morgan fingerprint density at radius 2 is 2.06 bits per heavy atom. The minimum Gasteiger partial charge on any atom is -0.350 e. The molecule has 1 amide bonds. The van der Waals surface area contributed by atoms with Crippen molar-refractivity contribution in [2.45, 2.75) is 45.2 Å². The van der Waals surface area contributed by atoms with Gasteiger partial charge in [0.25, 0.3) is 5.91 Å². The van der Waals surface area contributed by atoms with Crippen molar-refractivity contribution in [3.63, 3.8) is 0 Å². The molecule has 1 saturated heterocycles. The number of benzene rings is 1. The Balaban J connectivity index is 1.60. The van der Waals surface area contributed by atoms with E-state index >= 15 is 0 Å². The molecule has 9 nitrogen and oxygen atoms in total. The lowest BCUT2D eigenvalue weighted by Gasteiger charge is -2.30. The van der Waals surface area contributed by atoms with Crippen LogP contribution in [0.1, 0.15) is 43.7 Å². The van der Waals surface area contributed by atoms with E-state index in [1.807, 2.05) is 12.3 Å². The van der Waals surface area contributed by atoms with Crippen LogP contribution in [-0.2, 0) is 11.3 Å². The Morgan fingerprint density at radius 1 is 1.30 bits per heavy atom. The van der Waals surface area contributed by atoms with E-state index in [1.54, 1.807) is 22.7 Å². The lowest BCUT2D eigenvalue weighted by Crippen LogP contribution is -2.40. The second kappa shape index (κ2) is 9.53. The quantitative estimate of drug-likeness (QED) is 0.472. The standard InChI is InChI=1S/C23H29FN8O/c1-14(2)19-13-27-32-20(19)29-23(31-9-7-17(25)8-10-31)30-22(32)26-12-16-5-4-6-18(11-16)28-21(33)15(3)24/h4-6,11,13-14,17H,3,7-10,12,25H2,1-2H3,(H,28,33)(H,26,29,30). The predicted molar refractivity (Wildman–Crippen MR) is 127 cm³/mol. The summed E-state index contributed by atoms with van der Waals surface area (Å²) in [7, 11) is 0. The van der Waals surface area contributed by atoms with E-state index in [4.69, 9.17) is 15.7 Å². The van der Waals surface area contributed by atoms with Gasteiger partial charge in [0.1, 0.15) is 0 Å². The van der Waals surface area contributed by atoms with Crippen molar-refractivity contribution in [2.75, 3.05) is 28.6 Å². The molecule has 1 aromatic carbocycles. The van der Waals surface area contributed by atoms with Gasteiger partial charge in [0.15, 0.2) is 11.5 Å². The van der Waals surface area contributed by atoms with Gasteiger partial charge in [0.2, 0.25) is 11.9 Å². The minimum absolute atomic E-state index is 0.214. The van der Waals surface area contributed by atoms with Crippen molar-refractivity contribution in [3.05, 3.63) is 54.0 Å². The number of aromatic nitrogens is 4. The molecule has 0 atom stereocenters. The molecule has 0 spiro atoms. The number of hydrogen-bond acceptors (Lipinski definition) is 7. The summed E-state index contributed by atoms with van der Waals surface area (Å²) in [5.74, 6) is -0.405. The second-order valence-corrected chi connectivity index (χ2v) is 8.57. The number of fused-ring (bicyclic) bond motifs is 1. The van der Waals surface area contributed by atoms with Crippen molar-refractivity contribution in [1.82, 2.24) is 19.6 Å². The van der Waals surface area contributed by atoms with E-state index in [-0.39, 0.29) is 12.0 Å². The summed E-state index contributed by atoms with van der Waals surface area (Å²) in [6, 6.07) is 7.36. The zero-order valence-electron chi connectivity index (χ0n) is 18.9. The van der Waals surface area contributed by atoms with Gasteiger partial charge in [0.05, 0.1) is 6.20 Å². The van der Waals surface area contributed by atoms with Crippen LogP contribution in [0.5, 0.6) is 0 Å². The van der Waals surface area contributed by atoms with Crippen molar-refractivity contribution in [1.29, 1.82) is 0 Å². The summed E-state index contributed by atoms with van der Waals surface area (Å²) < 4.78 is 14.7. The molecule has 4 rings (SSSR count). The molecule has 3 aromatic rings. The van der Waals surface area contributed by atoms with Crippen LogP contribution in [0, 0.1) is 0 Å². The zero-order valence-corrected chi connectivity index (χ0v) is 18.9. The van der Waals surface area contributed by atoms with Gasteiger partial charge in [-0.15, -0.1) is 0 Å². The fraction of sp³-hybridized carbons (Fsp3) is 0.391. The van der Waals surface area contributed by atoms with Gasteiger partial charge in [0, 0.05) is 36.9 Å². The Labute approximate surface area is 191 Å². The third kappa shape index (κ3) is 5.11. The van der Waals surface area contributed by atoms with Gasteiger partial charge in [-0.25, -0.2) is 4.39 Å². The molecule has 1 aliphatic rings. The number of anilines is 3. The summed E-state index contributed by atoms with van der Waals surface area (Å²) in [6.45, 7) is 9.28. The maximum absolute atomic E-state index is 13.0. The maximum atomic E-state index is 13.0. The molecule has 0 saturated carbocycles. The van der Waals surface area contributed by atoms with Crippen LogP contribution in [0.25, 0.3) is 5.65 Å². The number of amides is 1. The van der Waals surface area contributed by atoms with Crippen molar-refractivity contribution < 1.29 is 9.18 Å². The Kier molecular flexibility index (Phi) is 6.55. The summed E-state index contributed by atoms with van der Waals surface area (Å²) in [4.78, 5) is 23.3. The number of hydrogen-bond donors (Lipinski definition) is 3. The minimum atomic E-state index is -1.03. The van der Waals surface area contributed by atoms with E-state index in [2.05, 4.69) is 41.1 Å². The number of nitrogens with two attached hydrogens (primary N) is 1. The number of piperidine rings is 1. The molecular weight excluding hydrogens is 423 g/mol. The van der Waals surface area contributed by atoms with Crippen molar-refractivity contribution in [2.24, 2.45) is 5.73 Å². The number of nitrogens with zero attached hydrogens (tertiary/aromatic N) is 5. The first-order chi connectivity index (χ1) is 15.8. The van der Waals surface area contributed by atoms with E-state index in [0.29, 0.717) is 24.1 Å². The van der Waals surface area contributed by atoms with Gasteiger partial charge < -0.3 is 21.3 Å². The average Bonchev–Trinajstić information content (AvgIpc) is 3.22. The van der Waals surface area contributed by atoms with Gasteiger partial charge in [-0.3, -0.25) is 4.79 Å². The normalized spacial score (nSPS) is 14.6. The molecule has 3 heterocycles. The number of halogens is 1. The molecule has 174 valence electrons. The second-order valence-electron chi connectivity index (χ2n) is 8.57. The highest BCUT2D eigenvalue weighted by Crippen LogP contribution is 2.25. The van der Waals surface area contributed by atoms with Crippen LogP contribution < -0.4 is 21.3 Å². The highest BCUT2D eigenvalue weighted by Gasteiger charge is 2.22. The van der Waals surface area contributed by atoms with Gasteiger partial charge in [-0.2, -0.15) is 19.6 Å². The van der Waals surface area contributed by atoms with Gasteiger partial charge >= 0.3 is 0 Å². The molecular formula is C23H29FN8O. The van der Waals surface area contributed by atoms with Crippen LogP contribution in [-0.4, -0.2) is 44.6 Å². The summed E-state index contributed by atoms with van der Waals surface area (Å²) in [5.41, 5.74) is 9.25. The average molecular weight is 453 g/mol. The fourth-order valence-electron chi connectivity index (χ4n) is 3.78. The fourth-order valence-corrected chi connectivity index (χ4v) is 3.78. The summed E-state index contributed by atoms with van der Waals surface area (Å²) in [6.07, 6.45) is 3.63. The maximum Gasteiger partial charge on any atom is 0.283 e. The molecule has 0 aliphatic carbocycles. The van der Waals surface area contributed by atoms with Gasteiger partial charge in [-0.1, -0.05) is 32.6 Å². The smallest absolute Gasteiger partial charge is 0.283 e. The lowest BCUT2D eigenvalue weighted by molar-refractivity contribution is -0.114. The highest BCUT2D eigenvalue weighted by molar-refractivity contribution is 6.01. The molecule has 0 radical (unpaired) electrons. The summed E-state index contributed by atoms with van der Waals surface area (Å²) in [5, 5.41) is 10.3. The Hall–Kier alpha value is -3.53. The van der Waals surface area contributed by atoms with Crippen molar-refractivity contribution >= 4 is 29.1 Å². The molecule has 0 unspecified atom stereocenters. The molecule has 4 N–H and O–H groups in total. The Morgan fingerprint density at radius 3 is 2.76 bits per heavy atom. The number of carbonyl (C=O) groups is 1. The third-order valence-corrected chi connectivity index (χ3v) is 5.71. The first-order valence-corrected chi connectivity index (χ1v) is 11.1. The molecule has 1 fully saturated rings. The number of rotatable bonds is 7. The predicted octanol–water partition coefficient (Wildman–Crippen LogP) is 3.21. The van der Waals surface area contributed by atoms with Crippen LogP contribution in [0.3, 0.4) is 0 Å². The molecule has 0 bridgehead atoms. The van der Waals surface area contributed by atoms with Crippen LogP contribution in [0.15, 0.2) is 42.9 Å². The first-order valence-electron chi connectivity index (χ1n) is 11.1. The number of carbonyl (C=O) groups excluding carboxylic acids is 1.